The van der Waals surface area contributed by atoms with Gasteiger partial charge in [0.1, 0.15) is 17.5 Å². The van der Waals surface area contributed by atoms with Crippen LogP contribution in [0.5, 0.6) is 17.2 Å². The Balaban J connectivity index is 2.48. The van der Waals surface area contributed by atoms with Gasteiger partial charge < -0.3 is 19.3 Å². The quantitative estimate of drug-likeness (QED) is 0.920. The van der Waals surface area contributed by atoms with Crippen LogP contribution in [0.2, 0.25) is 5.02 Å². The van der Waals surface area contributed by atoms with Gasteiger partial charge in [0, 0.05) is 6.20 Å². The number of nitrogens with zero attached hydrogens (tertiary/aromatic N) is 1. The average molecular weight is 310 g/mol. The number of aromatic nitrogens is 1. The number of hydrogen-bond acceptors (Lipinski definition) is 5. The summed E-state index contributed by atoms with van der Waals surface area (Å²) in [6, 6.07) is 6.73. The molecule has 0 radical (unpaired) electrons. The number of methoxy groups -OCH3 is 3. The molecule has 0 aliphatic heterocycles. The van der Waals surface area contributed by atoms with Gasteiger partial charge in [-0.3, -0.25) is 4.98 Å². The van der Waals surface area contributed by atoms with Gasteiger partial charge in [-0.1, -0.05) is 11.6 Å². The van der Waals surface area contributed by atoms with Crippen molar-refractivity contribution in [3.63, 3.8) is 0 Å². The first-order valence-electron chi connectivity index (χ1n) is 6.20. The Kier molecular flexibility index (Phi) is 4.88. The Labute approximate surface area is 128 Å². The van der Waals surface area contributed by atoms with Crippen LogP contribution in [-0.2, 0) is 0 Å². The Morgan fingerprint density at radius 2 is 1.81 bits per heavy atom. The van der Waals surface area contributed by atoms with Crippen LogP contribution in [0.1, 0.15) is 17.4 Å². The molecule has 1 aromatic carbocycles. The maximum Gasteiger partial charge on any atom is 0.179 e. The minimum atomic E-state index is -0.988. The summed E-state index contributed by atoms with van der Waals surface area (Å²) in [7, 11) is 4.53. The Morgan fingerprint density at radius 1 is 1.10 bits per heavy atom. The number of halogens is 1. The van der Waals surface area contributed by atoms with Gasteiger partial charge in [-0.05, 0) is 29.8 Å². The third kappa shape index (κ3) is 3.04. The molecule has 1 heterocycles. The number of pyridine rings is 1. The zero-order valence-electron chi connectivity index (χ0n) is 12.0. The average Bonchev–Trinajstić information content (AvgIpc) is 2.53. The molecule has 112 valence electrons. The van der Waals surface area contributed by atoms with Crippen LogP contribution in [0.25, 0.3) is 0 Å². The first-order valence-corrected chi connectivity index (χ1v) is 6.58. The summed E-state index contributed by atoms with van der Waals surface area (Å²) in [5.74, 6) is 1.35. The van der Waals surface area contributed by atoms with Gasteiger partial charge in [-0.15, -0.1) is 0 Å². The lowest BCUT2D eigenvalue weighted by molar-refractivity contribution is 0.208. The van der Waals surface area contributed by atoms with Crippen LogP contribution in [0.15, 0.2) is 30.5 Å². The topological polar surface area (TPSA) is 60.8 Å². The molecule has 1 N–H and O–H groups in total. The van der Waals surface area contributed by atoms with E-state index in [4.69, 9.17) is 25.8 Å². The lowest BCUT2D eigenvalue weighted by atomic mass is 10.0. The molecule has 0 aliphatic rings. The van der Waals surface area contributed by atoms with E-state index in [0.29, 0.717) is 33.5 Å². The number of aliphatic hydroxyl groups is 1. The molecule has 0 fully saturated rings. The summed E-state index contributed by atoms with van der Waals surface area (Å²) in [4.78, 5) is 4.16. The number of benzene rings is 1. The molecular weight excluding hydrogens is 294 g/mol. The lowest BCUT2D eigenvalue weighted by Crippen LogP contribution is -2.05. The molecule has 1 unspecified atom stereocenters. The van der Waals surface area contributed by atoms with Gasteiger partial charge in [-0.25, -0.2) is 0 Å². The molecule has 0 saturated heterocycles. The molecule has 5 nitrogen and oxygen atoms in total. The highest BCUT2D eigenvalue weighted by Crippen LogP contribution is 2.39. The molecule has 6 heteroatoms. The van der Waals surface area contributed by atoms with Crippen molar-refractivity contribution in [3.8, 4) is 17.2 Å². The molecule has 1 aromatic heterocycles. The molecule has 21 heavy (non-hydrogen) atoms. The fourth-order valence-electron chi connectivity index (χ4n) is 2.03. The summed E-state index contributed by atoms with van der Waals surface area (Å²) < 4.78 is 15.6. The smallest absolute Gasteiger partial charge is 0.179 e. The monoisotopic (exact) mass is 309 g/mol. The molecule has 0 bridgehead atoms. The van der Waals surface area contributed by atoms with E-state index >= 15 is 0 Å². The van der Waals surface area contributed by atoms with Gasteiger partial charge in [0.05, 0.1) is 26.4 Å². The SMILES string of the molecule is COc1cccnc1C(O)c1cc(Cl)c(OC)c(OC)c1. The van der Waals surface area contributed by atoms with E-state index in [2.05, 4.69) is 4.98 Å². The zero-order chi connectivity index (χ0) is 15.4. The van der Waals surface area contributed by atoms with Crippen molar-refractivity contribution in [1.29, 1.82) is 0 Å². The first kappa shape index (κ1) is 15.4. The fraction of sp³-hybridized carbons (Fsp3) is 0.267. The maximum atomic E-state index is 10.5. The first-order chi connectivity index (χ1) is 10.1. The highest BCUT2D eigenvalue weighted by molar-refractivity contribution is 6.32. The predicted octanol–water partition coefficient (Wildman–Crippen LogP) is 2.84. The fourth-order valence-corrected chi connectivity index (χ4v) is 2.33. The van der Waals surface area contributed by atoms with E-state index in [1.165, 1.54) is 21.3 Å². The van der Waals surface area contributed by atoms with E-state index in [1.807, 2.05) is 0 Å². The highest BCUT2D eigenvalue weighted by atomic mass is 35.5. The van der Waals surface area contributed by atoms with E-state index in [9.17, 15) is 5.11 Å². The number of aliphatic hydroxyl groups excluding tert-OH is 1. The van der Waals surface area contributed by atoms with Crippen molar-refractivity contribution in [2.45, 2.75) is 6.10 Å². The van der Waals surface area contributed by atoms with Crippen molar-refractivity contribution in [2.24, 2.45) is 0 Å². The van der Waals surface area contributed by atoms with Gasteiger partial charge in [0.2, 0.25) is 0 Å². The third-order valence-corrected chi connectivity index (χ3v) is 3.33. The summed E-state index contributed by atoms with van der Waals surface area (Å²) in [6.07, 6.45) is 0.599. The standard InChI is InChI=1S/C15H16ClNO4/c1-19-11-5-4-6-17-13(11)14(18)9-7-10(16)15(21-3)12(8-9)20-2/h4-8,14,18H,1-3H3. The highest BCUT2D eigenvalue weighted by Gasteiger charge is 2.20. The van der Waals surface area contributed by atoms with Crippen molar-refractivity contribution in [2.75, 3.05) is 21.3 Å². The van der Waals surface area contributed by atoms with Crippen LogP contribution in [-0.4, -0.2) is 31.4 Å². The van der Waals surface area contributed by atoms with Crippen LogP contribution in [0.4, 0.5) is 0 Å². The van der Waals surface area contributed by atoms with Crippen molar-refractivity contribution < 1.29 is 19.3 Å². The molecular formula is C15H16ClNO4. The lowest BCUT2D eigenvalue weighted by Gasteiger charge is -2.17. The van der Waals surface area contributed by atoms with Crippen LogP contribution >= 0.6 is 11.6 Å². The molecule has 2 aromatic rings. The largest absolute Gasteiger partial charge is 0.495 e. The number of rotatable bonds is 5. The van der Waals surface area contributed by atoms with Crippen molar-refractivity contribution in [3.05, 3.63) is 46.7 Å². The van der Waals surface area contributed by atoms with Crippen LogP contribution < -0.4 is 14.2 Å². The minimum absolute atomic E-state index is 0.348. The third-order valence-electron chi connectivity index (χ3n) is 3.05. The maximum absolute atomic E-state index is 10.5. The van der Waals surface area contributed by atoms with E-state index in [1.54, 1.807) is 30.5 Å². The second-order valence-corrected chi connectivity index (χ2v) is 4.64. The number of hydrogen-bond donors (Lipinski definition) is 1. The molecule has 0 amide bonds. The van der Waals surface area contributed by atoms with Gasteiger partial charge in [-0.2, -0.15) is 0 Å². The summed E-state index contributed by atoms with van der Waals surface area (Å²) in [5.41, 5.74) is 0.943. The van der Waals surface area contributed by atoms with Crippen molar-refractivity contribution in [1.82, 2.24) is 4.98 Å². The predicted molar refractivity (Wildman–Crippen MR) is 79.4 cm³/mol. The Bertz CT molecular complexity index is 633. The molecule has 1 atom stereocenters. The summed E-state index contributed by atoms with van der Waals surface area (Å²) in [5, 5.41) is 10.9. The van der Waals surface area contributed by atoms with E-state index < -0.39 is 6.10 Å². The second kappa shape index (κ2) is 6.65. The Hall–Kier alpha value is -1.98. The van der Waals surface area contributed by atoms with Crippen molar-refractivity contribution >= 4 is 11.6 Å². The molecule has 2 rings (SSSR count). The number of ether oxygens (including phenoxy) is 3. The zero-order valence-corrected chi connectivity index (χ0v) is 12.7. The van der Waals surface area contributed by atoms with Gasteiger partial charge >= 0.3 is 0 Å². The summed E-state index contributed by atoms with van der Waals surface area (Å²) in [6.45, 7) is 0. The van der Waals surface area contributed by atoms with Gasteiger partial charge in [0.15, 0.2) is 11.5 Å². The second-order valence-electron chi connectivity index (χ2n) is 4.23. The van der Waals surface area contributed by atoms with E-state index in [-0.39, 0.29) is 0 Å². The molecule has 0 spiro atoms. The molecule has 0 aliphatic carbocycles. The summed E-state index contributed by atoms with van der Waals surface area (Å²) >= 11 is 6.15. The minimum Gasteiger partial charge on any atom is -0.495 e. The Morgan fingerprint density at radius 3 is 2.43 bits per heavy atom. The normalized spacial score (nSPS) is 11.9. The molecule has 0 saturated carbocycles. The van der Waals surface area contributed by atoms with Crippen LogP contribution in [0, 0.1) is 0 Å². The van der Waals surface area contributed by atoms with E-state index in [0.717, 1.165) is 0 Å². The van der Waals surface area contributed by atoms with Gasteiger partial charge in [0.25, 0.3) is 0 Å². The van der Waals surface area contributed by atoms with Crippen LogP contribution in [0.3, 0.4) is 0 Å².